The van der Waals surface area contributed by atoms with E-state index in [1.165, 1.54) is 6.42 Å². The number of hydrogen-bond acceptors (Lipinski definition) is 3. The fourth-order valence-corrected chi connectivity index (χ4v) is 3.54. The van der Waals surface area contributed by atoms with Gasteiger partial charge in [0, 0.05) is 23.7 Å². The summed E-state index contributed by atoms with van der Waals surface area (Å²) in [6.07, 6.45) is 3.25. The Morgan fingerprint density at radius 2 is 2.10 bits per heavy atom. The molecule has 0 spiro atoms. The van der Waals surface area contributed by atoms with E-state index in [-0.39, 0.29) is 5.84 Å². The van der Waals surface area contributed by atoms with Crippen molar-refractivity contribution in [2.24, 2.45) is 17.1 Å². The number of anilines is 1. The molecular weight excluding hydrogens is 266 g/mol. The van der Waals surface area contributed by atoms with E-state index >= 15 is 0 Å². The highest BCUT2D eigenvalue weighted by molar-refractivity contribution is 7.98. The zero-order valence-corrected chi connectivity index (χ0v) is 13.7. The minimum absolute atomic E-state index is 0.171. The number of hydrogen-bond donors (Lipinski definition) is 2. The van der Waals surface area contributed by atoms with E-state index < -0.39 is 0 Å². The molecule has 2 rings (SSSR count). The number of nitrogen functional groups attached to an aromatic ring is 1. The van der Waals surface area contributed by atoms with E-state index in [2.05, 4.69) is 37.8 Å². The van der Waals surface area contributed by atoms with Crippen molar-refractivity contribution in [3.63, 3.8) is 0 Å². The molecule has 1 aromatic rings. The molecule has 110 valence electrons. The van der Waals surface area contributed by atoms with Crippen LogP contribution in [0, 0.1) is 16.7 Å². The van der Waals surface area contributed by atoms with E-state index in [1.54, 1.807) is 11.8 Å². The standard InChI is InChI=1S/C16H25N3S/c1-16(2,3)11-8-9-19(10-11)12-6-5-7-13(20-4)14(12)15(17)18/h5-7,11H,8-10H2,1-4H3,(H3,17,18). The van der Waals surface area contributed by atoms with Gasteiger partial charge in [-0.1, -0.05) is 26.8 Å². The highest BCUT2D eigenvalue weighted by atomic mass is 32.2. The SMILES string of the molecule is CSc1cccc(N2CCC(C(C)(C)C)C2)c1C(=N)N. The van der Waals surface area contributed by atoms with Crippen LogP contribution in [-0.2, 0) is 0 Å². The van der Waals surface area contributed by atoms with Crippen LogP contribution in [0.2, 0.25) is 0 Å². The number of rotatable bonds is 3. The van der Waals surface area contributed by atoms with Gasteiger partial charge in [0.15, 0.2) is 0 Å². The lowest BCUT2D eigenvalue weighted by atomic mass is 9.80. The largest absolute Gasteiger partial charge is 0.384 e. The van der Waals surface area contributed by atoms with Crippen LogP contribution < -0.4 is 10.6 Å². The van der Waals surface area contributed by atoms with E-state index in [0.29, 0.717) is 11.3 Å². The molecule has 1 aromatic carbocycles. The average molecular weight is 291 g/mol. The second-order valence-electron chi connectivity index (χ2n) is 6.57. The Bertz CT molecular complexity index is 505. The van der Waals surface area contributed by atoms with E-state index in [4.69, 9.17) is 11.1 Å². The minimum Gasteiger partial charge on any atom is -0.384 e. The fraction of sp³-hybridized carbons (Fsp3) is 0.562. The van der Waals surface area contributed by atoms with Crippen LogP contribution in [0.4, 0.5) is 5.69 Å². The molecule has 1 atom stereocenters. The van der Waals surface area contributed by atoms with Gasteiger partial charge in [-0.15, -0.1) is 11.8 Å². The maximum atomic E-state index is 7.90. The van der Waals surface area contributed by atoms with Crippen LogP contribution in [0.3, 0.4) is 0 Å². The van der Waals surface area contributed by atoms with E-state index in [0.717, 1.165) is 29.2 Å². The van der Waals surface area contributed by atoms with Crippen molar-refractivity contribution in [1.82, 2.24) is 0 Å². The Hall–Kier alpha value is -1.16. The molecule has 1 fully saturated rings. The molecule has 20 heavy (non-hydrogen) atoms. The second-order valence-corrected chi connectivity index (χ2v) is 7.41. The minimum atomic E-state index is 0.171. The molecule has 1 unspecified atom stereocenters. The van der Waals surface area contributed by atoms with Crippen molar-refractivity contribution in [3.8, 4) is 0 Å². The number of nitrogens with two attached hydrogens (primary N) is 1. The van der Waals surface area contributed by atoms with Crippen molar-refractivity contribution < 1.29 is 0 Å². The summed E-state index contributed by atoms with van der Waals surface area (Å²) in [4.78, 5) is 3.49. The summed E-state index contributed by atoms with van der Waals surface area (Å²) in [5.74, 6) is 0.865. The first-order valence-corrected chi connectivity index (χ1v) is 8.33. The van der Waals surface area contributed by atoms with Crippen LogP contribution >= 0.6 is 11.8 Å². The van der Waals surface area contributed by atoms with E-state index in [1.807, 2.05) is 12.3 Å². The molecule has 0 saturated carbocycles. The topological polar surface area (TPSA) is 53.1 Å². The van der Waals surface area contributed by atoms with Gasteiger partial charge in [-0.05, 0) is 36.1 Å². The van der Waals surface area contributed by atoms with Gasteiger partial charge in [-0.25, -0.2) is 0 Å². The summed E-state index contributed by atoms with van der Waals surface area (Å²) < 4.78 is 0. The quantitative estimate of drug-likeness (QED) is 0.508. The molecule has 3 N–H and O–H groups in total. The zero-order valence-electron chi connectivity index (χ0n) is 12.9. The Morgan fingerprint density at radius 3 is 2.60 bits per heavy atom. The summed E-state index contributed by atoms with van der Waals surface area (Å²) in [7, 11) is 0. The summed E-state index contributed by atoms with van der Waals surface area (Å²) in [5, 5.41) is 7.90. The van der Waals surface area contributed by atoms with Crippen LogP contribution in [-0.4, -0.2) is 25.2 Å². The van der Waals surface area contributed by atoms with Gasteiger partial charge in [-0.3, -0.25) is 5.41 Å². The number of thioether (sulfide) groups is 1. The smallest absolute Gasteiger partial charge is 0.126 e. The fourth-order valence-electron chi connectivity index (χ4n) is 2.91. The molecule has 0 aliphatic carbocycles. The average Bonchev–Trinajstić information content (AvgIpc) is 2.86. The first-order valence-electron chi connectivity index (χ1n) is 7.11. The van der Waals surface area contributed by atoms with Gasteiger partial charge in [0.2, 0.25) is 0 Å². The van der Waals surface area contributed by atoms with Gasteiger partial charge < -0.3 is 10.6 Å². The highest BCUT2D eigenvalue weighted by Gasteiger charge is 2.33. The molecule has 1 aliphatic rings. The highest BCUT2D eigenvalue weighted by Crippen LogP contribution is 2.38. The van der Waals surface area contributed by atoms with E-state index in [9.17, 15) is 0 Å². The Kier molecular flexibility index (Phi) is 4.33. The molecule has 1 heterocycles. The Morgan fingerprint density at radius 1 is 1.40 bits per heavy atom. The van der Waals surface area contributed by atoms with Crippen LogP contribution in [0.15, 0.2) is 23.1 Å². The Labute approximate surface area is 126 Å². The first kappa shape index (κ1) is 15.2. The monoisotopic (exact) mass is 291 g/mol. The number of amidine groups is 1. The maximum absolute atomic E-state index is 7.90. The van der Waals surface area contributed by atoms with Gasteiger partial charge in [0.25, 0.3) is 0 Å². The summed E-state index contributed by atoms with van der Waals surface area (Å²) >= 11 is 1.66. The van der Waals surface area contributed by atoms with Gasteiger partial charge in [-0.2, -0.15) is 0 Å². The number of nitrogens with one attached hydrogen (secondary N) is 1. The molecule has 0 amide bonds. The predicted molar refractivity (Wildman–Crippen MR) is 89.0 cm³/mol. The molecule has 0 radical (unpaired) electrons. The second kappa shape index (κ2) is 5.68. The van der Waals surface area contributed by atoms with Crippen LogP contribution in [0.25, 0.3) is 0 Å². The Balaban J connectivity index is 2.33. The van der Waals surface area contributed by atoms with Crippen molar-refractivity contribution in [3.05, 3.63) is 23.8 Å². The molecule has 0 aromatic heterocycles. The lowest BCUT2D eigenvalue weighted by Gasteiger charge is -2.28. The summed E-state index contributed by atoms with van der Waals surface area (Å²) in [5.41, 5.74) is 8.18. The third kappa shape index (κ3) is 2.95. The van der Waals surface area contributed by atoms with Gasteiger partial charge in [0.1, 0.15) is 5.84 Å². The summed E-state index contributed by atoms with van der Waals surface area (Å²) in [6, 6.07) is 6.21. The van der Waals surface area contributed by atoms with Crippen LogP contribution in [0.1, 0.15) is 32.8 Å². The zero-order chi connectivity index (χ0) is 14.9. The summed E-state index contributed by atoms with van der Waals surface area (Å²) in [6.45, 7) is 9.05. The maximum Gasteiger partial charge on any atom is 0.126 e. The first-order chi connectivity index (χ1) is 9.34. The molecule has 4 heteroatoms. The molecule has 0 bridgehead atoms. The third-order valence-electron chi connectivity index (χ3n) is 4.25. The van der Waals surface area contributed by atoms with Gasteiger partial charge >= 0.3 is 0 Å². The van der Waals surface area contributed by atoms with Crippen molar-refractivity contribution in [2.45, 2.75) is 32.1 Å². The molecule has 1 aliphatic heterocycles. The molecule has 1 saturated heterocycles. The van der Waals surface area contributed by atoms with Crippen molar-refractivity contribution in [1.29, 1.82) is 5.41 Å². The number of benzene rings is 1. The molecular formula is C16H25N3S. The van der Waals surface area contributed by atoms with Crippen molar-refractivity contribution >= 4 is 23.3 Å². The lowest BCUT2D eigenvalue weighted by molar-refractivity contribution is 0.263. The normalized spacial score (nSPS) is 19.4. The molecule has 3 nitrogen and oxygen atoms in total. The van der Waals surface area contributed by atoms with Gasteiger partial charge in [0.05, 0.1) is 5.56 Å². The van der Waals surface area contributed by atoms with Crippen molar-refractivity contribution in [2.75, 3.05) is 24.2 Å². The predicted octanol–water partition coefficient (Wildman–Crippen LogP) is 3.56. The number of nitrogens with zero attached hydrogens (tertiary/aromatic N) is 1. The van der Waals surface area contributed by atoms with Crippen LogP contribution in [0.5, 0.6) is 0 Å². The lowest BCUT2D eigenvalue weighted by Crippen LogP contribution is -2.28. The third-order valence-corrected chi connectivity index (χ3v) is 5.03.